The van der Waals surface area contributed by atoms with E-state index in [2.05, 4.69) is 32.9 Å². The van der Waals surface area contributed by atoms with Gasteiger partial charge in [0.15, 0.2) is 0 Å². The maximum atomic E-state index is 2.76. The lowest BCUT2D eigenvalue weighted by atomic mass is 9.48. The van der Waals surface area contributed by atoms with Crippen LogP contribution in [0.15, 0.2) is 23.3 Å². The molecule has 0 bridgehead atoms. The second-order valence-electron chi connectivity index (χ2n) is 10.4. The summed E-state index contributed by atoms with van der Waals surface area (Å²) in [6.07, 6.45) is 20.1. The molecule has 6 atom stereocenters. The Balaban J connectivity index is 1.46. The van der Waals surface area contributed by atoms with Gasteiger partial charge in [0.05, 0.1) is 0 Å². The Kier molecular flexibility index (Phi) is 3.43. The van der Waals surface area contributed by atoms with Crippen LogP contribution in [0.5, 0.6) is 0 Å². The van der Waals surface area contributed by atoms with Gasteiger partial charge in [0.2, 0.25) is 0 Å². The molecule has 0 amide bonds. The molecule has 0 nitrogen and oxygen atoms in total. The van der Waals surface area contributed by atoms with Crippen LogP contribution in [0.2, 0.25) is 0 Å². The van der Waals surface area contributed by atoms with Gasteiger partial charge in [-0.25, -0.2) is 0 Å². The first-order valence-corrected chi connectivity index (χ1v) is 10.9. The van der Waals surface area contributed by atoms with E-state index < -0.39 is 0 Å². The molecule has 132 valence electrons. The van der Waals surface area contributed by atoms with Crippen LogP contribution in [0.3, 0.4) is 0 Å². The van der Waals surface area contributed by atoms with Gasteiger partial charge in [-0.2, -0.15) is 0 Å². The Labute approximate surface area is 149 Å². The van der Waals surface area contributed by atoms with Gasteiger partial charge >= 0.3 is 0 Å². The van der Waals surface area contributed by atoms with Gasteiger partial charge < -0.3 is 0 Å². The van der Waals surface area contributed by atoms with E-state index in [1.54, 1.807) is 24.8 Å². The molecule has 0 spiro atoms. The zero-order valence-corrected chi connectivity index (χ0v) is 16.1. The maximum absolute atomic E-state index is 2.76. The molecule has 0 heteroatoms. The number of rotatable bonds is 1. The monoisotopic (exact) mass is 324 g/mol. The Morgan fingerprint density at radius 3 is 2.54 bits per heavy atom. The second kappa shape index (κ2) is 5.24. The van der Waals surface area contributed by atoms with E-state index in [9.17, 15) is 0 Å². The summed E-state index contributed by atoms with van der Waals surface area (Å²) >= 11 is 0. The van der Waals surface area contributed by atoms with Crippen LogP contribution in [0.25, 0.3) is 0 Å². The zero-order chi connectivity index (χ0) is 16.5. The molecular formula is C24H36. The van der Waals surface area contributed by atoms with Crippen molar-refractivity contribution in [2.45, 2.75) is 85.0 Å². The summed E-state index contributed by atoms with van der Waals surface area (Å²) in [5.74, 6) is 5.09. The SMILES string of the molecule is CC=C1CCC2C3CCC4CC(C5CC5)CCC4(C)C3=CCC12C. The fourth-order valence-corrected chi connectivity index (χ4v) is 7.88. The van der Waals surface area contributed by atoms with Gasteiger partial charge in [-0.1, -0.05) is 37.1 Å². The third-order valence-electron chi connectivity index (χ3n) is 9.55. The topological polar surface area (TPSA) is 0 Å². The average Bonchev–Trinajstić information content (AvgIpc) is 3.36. The standard InChI is InChI=1S/C24H36/c1-4-18-8-10-21-20-9-7-19-15-17(16-5-6-16)11-13-24(19,3)22(20)12-14-23(18,21)2/h4,12,16-17,19-21H,5-11,13-15H2,1-3H3. The normalized spacial score (nSPS) is 52.5. The fraction of sp³-hybridized carbons (Fsp3) is 0.833. The molecule has 5 aliphatic carbocycles. The van der Waals surface area contributed by atoms with Crippen LogP contribution < -0.4 is 0 Å². The van der Waals surface area contributed by atoms with Crippen molar-refractivity contribution in [1.29, 1.82) is 0 Å². The molecular weight excluding hydrogens is 288 g/mol. The molecule has 4 fully saturated rings. The van der Waals surface area contributed by atoms with Crippen LogP contribution >= 0.6 is 0 Å². The number of hydrogen-bond donors (Lipinski definition) is 0. The summed E-state index contributed by atoms with van der Waals surface area (Å²) in [6, 6.07) is 0. The minimum absolute atomic E-state index is 0.497. The highest BCUT2D eigenvalue weighted by Gasteiger charge is 2.56. The van der Waals surface area contributed by atoms with Crippen molar-refractivity contribution >= 4 is 0 Å². The molecule has 0 aromatic heterocycles. The maximum Gasteiger partial charge on any atom is -0.00479 e. The average molecular weight is 325 g/mol. The van der Waals surface area contributed by atoms with Gasteiger partial charge in [-0.3, -0.25) is 0 Å². The van der Waals surface area contributed by atoms with Gasteiger partial charge in [0, 0.05) is 0 Å². The van der Waals surface area contributed by atoms with E-state index in [1.807, 2.05) is 5.57 Å². The van der Waals surface area contributed by atoms with Crippen molar-refractivity contribution in [2.24, 2.45) is 40.4 Å². The van der Waals surface area contributed by atoms with Crippen LogP contribution in [0.4, 0.5) is 0 Å². The molecule has 5 aliphatic rings. The molecule has 0 radical (unpaired) electrons. The van der Waals surface area contributed by atoms with Crippen LogP contribution in [-0.4, -0.2) is 0 Å². The summed E-state index contributed by atoms with van der Waals surface area (Å²) in [5.41, 5.74) is 4.77. The Bertz CT molecular complexity index is 591. The predicted octanol–water partition coefficient (Wildman–Crippen LogP) is 6.92. The number of hydrogen-bond acceptors (Lipinski definition) is 0. The van der Waals surface area contributed by atoms with E-state index in [-0.39, 0.29) is 0 Å². The van der Waals surface area contributed by atoms with Crippen molar-refractivity contribution in [3.8, 4) is 0 Å². The van der Waals surface area contributed by atoms with Crippen LogP contribution in [0, 0.1) is 40.4 Å². The Morgan fingerprint density at radius 1 is 0.958 bits per heavy atom. The lowest BCUT2D eigenvalue weighted by molar-refractivity contribution is 0.0276. The quantitative estimate of drug-likeness (QED) is 0.459. The molecule has 0 heterocycles. The van der Waals surface area contributed by atoms with Crippen molar-refractivity contribution in [2.75, 3.05) is 0 Å². The van der Waals surface area contributed by atoms with Crippen LogP contribution in [-0.2, 0) is 0 Å². The lowest BCUT2D eigenvalue weighted by Gasteiger charge is -2.56. The minimum Gasteiger partial charge on any atom is -0.0879 e. The molecule has 5 rings (SSSR count). The van der Waals surface area contributed by atoms with E-state index in [0.29, 0.717) is 10.8 Å². The molecule has 0 aromatic rings. The van der Waals surface area contributed by atoms with Gasteiger partial charge in [0.25, 0.3) is 0 Å². The lowest BCUT2D eigenvalue weighted by Crippen LogP contribution is -2.47. The van der Waals surface area contributed by atoms with Crippen molar-refractivity contribution in [1.82, 2.24) is 0 Å². The first-order chi connectivity index (χ1) is 11.6. The van der Waals surface area contributed by atoms with E-state index >= 15 is 0 Å². The predicted molar refractivity (Wildman–Crippen MR) is 102 cm³/mol. The second-order valence-corrected chi connectivity index (χ2v) is 10.4. The van der Waals surface area contributed by atoms with E-state index in [1.165, 1.54) is 44.9 Å². The molecule has 0 aromatic carbocycles. The highest BCUT2D eigenvalue weighted by atomic mass is 14.6. The van der Waals surface area contributed by atoms with Gasteiger partial charge in [0.1, 0.15) is 0 Å². The largest absolute Gasteiger partial charge is 0.0879 e. The Morgan fingerprint density at radius 2 is 1.79 bits per heavy atom. The molecule has 0 aliphatic heterocycles. The molecule has 0 N–H and O–H groups in total. The summed E-state index contributed by atoms with van der Waals surface area (Å²) in [6.45, 7) is 7.54. The van der Waals surface area contributed by atoms with E-state index in [0.717, 1.165) is 29.6 Å². The molecule has 0 saturated heterocycles. The highest BCUT2D eigenvalue weighted by Crippen LogP contribution is 2.66. The summed E-state index contributed by atoms with van der Waals surface area (Å²) in [5, 5.41) is 0. The fourth-order valence-electron chi connectivity index (χ4n) is 7.88. The first-order valence-electron chi connectivity index (χ1n) is 10.9. The summed E-state index contributed by atoms with van der Waals surface area (Å²) < 4.78 is 0. The zero-order valence-electron chi connectivity index (χ0n) is 16.1. The minimum atomic E-state index is 0.497. The summed E-state index contributed by atoms with van der Waals surface area (Å²) in [4.78, 5) is 0. The Hall–Kier alpha value is -0.520. The molecule has 4 saturated carbocycles. The smallest absolute Gasteiger partial charge is 0.00479 e. The first kappa shape index (κ1) is 15.7. The van der Waals surface area contributed by atoms with E-state index in [4.69, 9.17) is 0 Å². The highest BCUT2D eigenvalue weighted by molar-refractivity contribution is 5.34. The van der Waals surface area contributed by atoms with Gasteiger partial charge in [-0.15, -0.1) is 0 Å². The number of fused-ring (bicyclic) bond motifs is 5. The summed E-state index contributed by atoms with van der Waals surface area (Å²) in [7, 11) is 0. The van der Waals surface area contributed by atoms with Gasteiger partial charge in [-0.05, 0) is 112 Å². The van der Waals surface area contributed by atoms with Crippen LogP contribution in [0.1, 0.15) is 85.0 Å². The molecule has 6 unspecified atom stereocenters. The molecule has 24 heavy (non-hydrogen) atoms. The van der Waals surface area contributed by atoms with Crippen molar-refractivity contribution < 1.29 is 0 Å². The van der Waals surface area contributed by atoms with Crippen molar-refractivity contribution in [3.63, 3.8) is 0 Å². The third kappa shape index (κ3) is 2.04. The number of allylic oxidation sites excluding steroid dienone is 4. The van der Waals surface area contributed by atoms with Crippen molar-refractivity contribution in [3.05, 3.63) is 23.3 Å². The third-order valence-corrected chi connectivity index (χ3v) is 9.55.